The minimum Gasteiger partial charge on any atom is -0.322 e. The average molecular weight is 526 g/mol. The number of hydrogen-bond donors (Lipinski definition) is 1. The summed E-state index contributed by atoms with van der Waals surface area (Å²) in [7, 11) is -7.29. The summed E-state index contributed by atoms with van der Waals surface area (Å²) in [6.07, 6.45) is 5.37. The van der Waals surface area contributed by atoms with E-state index in [1.54, 1.807) is 0 Å². The molecule has 1 N–H and O–H groups in total. The van der Waals surface area contributed by atoms with Crippen LogP contribution in [0.5, 0.6) is 0 Å². The van der Waals surface area contributed by atoms with E-state index >= 15 is 0 Å². The molecule has 11 heteroatoms. The van der Waals surface area contributed by atoms with Crippen molar-refractivity contribution < 1.29 is 21.6 Å². The average Bonchev–Trinajstić information content (AvgIpc) is 3.23. The third kappa shape index (κ3) is 5.31. The number of anilines is 1. The summed E-state index contributed by atoms with van der Waals surface area (Å²) in [5.74, 6) is -0.577. The van der Waals surface area contributed by atoms with Crippen LogP contribution in [0.3, 0.4) is 0 Å². The first kappa shape index (κ1) is 25.1. The first-order valence-electron chi connectivity index (χ1n) is 11.4. The van der Waals surface area contributed by atoms with E-state index in [0.717, 1.165) is 38.5 Å². The Morgan fingerprint density at radius 2 is 1.18 bits per heavy atom. The number of halogens is 1. The fourth-order valence-electron chi connectivity index (χ4n) is 4.26. The van der Waals surface area contributed by atoms with E-state index < -0.39 is 26.0 Å². The van der Waals surface area contributed by atoms with Gasteiger partial charge in [-0.1, -0.05) is 24.4 Å². The number of benzene rings is 2. The van der Waals surface area contributed by atoms with Crippen LogP contribution in [0.1, 0.15) is 48.9 Å². The fourth-order valence-corrected chi connectivity index (χ4v) is 7.52. The van der Waals surface area contributed by atoms with Crippen LogP contribution in [0.15, 0.2) is 52.3 Å². The summed E-state index contributed by atoms with van der Waals surface area (Å²) in [6.45, 7) is 1.93. The van der Waals surface area contributed by atoms with Crippen molar-refractivity contribution in [1.82, 2.24) is 8.61 Å². The number of carbonyl (C=O) groups is 1. The molecule has 2 aromatic carbocycles. The van der Waals surface area contributed by atoms with Gasteiger partial charge in [-0.2, -0.15) is 8.61 Å². The molecule has 2 heterocycles. The highest BCUT2D eigenvalue weighted by atomic mass is 35.5. The Labute approximate surface area is 206 Å². The molecule has 8 nitrogen and oxygen atoms in total. The standard InChI is InChI=1S/C23H28ClN3O5S2/c24-22-12-11-20(34(31,32)27-15-5-6-16-27)17-21(22)23(28)25-18-7-9-19(10-8-18)33(29,30)26-13-3-1-2-4-14-26/h7-12,17H,1-6,13-16H2,(H,25,28). The van der Waals surface area contributed by atoms with E-state index in [1.807, 2.05) is 0 Å². The molecule has 2 aliphatic rings. The van der Waals surface area contributed by atoms with Crippen LogP contribution in [-0.2, 0) is 20.0 Å². The molecule has 2 saturated heterocycles. The fraction of sp³-hybridized carbons (Fsp3) is 0.435. The molecule has 34 heavy (non-hydrogen) atoms. The van der Waals surface area contributed by atoms with Gasteiger partial charge >= 0.3 is 0 Å². The molecule has 0 aromatic heterocycles. The van der Waals surface area contributed by atoms with Crippen LogP contribution in [0.25, 0.3) is 0 Å². The molecule has 0 atom stereocenters. The van der Waals surface area contributed by atoms with Gasteiger partial charge in [-0.15, -0.1) is 0 Å². The maximum atomic E-state index is 12.9. The minimum absolute atomic E-state index is 0.0165. The van der Waals surface area contributed by atoms with Crippen molar-refractivity contribution in [2.24, 2.45) is 0 Å². The molecule has 2 aromatic rings. The molecule has 0 radical (unpaired) electrons. The van der Waals surface area contributed by atoms with Crippen molar-refractivity contribution in [3.05, 3.63) is 53.1 Å². The molecule has 0 saturated carbocycles. The molecular weight excluding hydrogens is 498 g/mol. The highest BCUT2D eigenvalue weighted by molar-refractivity contribution is 7.89. The number of carbonyl (C=O) groups excluding carboxylic acids is 1. The summed E-state index contributed by atoms with van der Waals surface area (Å²) in [5, 5.41) is 2.80. The van der Waals surface area contributed by atoms with Crippen molar-refractivity contribution in [3.63, 3.8) is 0 Å². The van der Waals surface area contributed by atoms with Gasteiger partial charge < -0.3 is 5.32 Å². The maximum absolute atomic E-state index is 12.9. The van der Waals surface area contributed by atoms with Gasteiger partial charge in [0.05, 0.1) is 20.4 Å². The van der Waals surface area contributed by atoms with Gasteiger partial charge in [-0.25, -0.2) is 16.8 Å². The molecule has 1 amide bonds. The zero-order valence-corrected chi connectivity index (χ0v) is 21.1. The summed E-state index contributed by atoms with van der Waals surface area (Å²) in [5.41, 5.74) is 0.409. The predicted molar refractivity (Wildman–Crippen MR) is 131 cm³/mol. The summed E-state index contributed by atoms with van der Waals surface area (Å²) >= 11 is 6.20. The second kappa shape index (κ2) is 10.3. The normalized spacial score (nSPS) is 18.5. The molecular formula is C23H28ClN3O5S2. The van der Waals surface area contributed by atoms with Crippen LogP contribution in [-0.4, -0.2) is 57.5 Å². The maximum Gasteiger partial charge on any atom is 0.257 e. The Morgan fingerprint density at radius 1 is 0.706 bits per heavy atom. The topological polar surface area (TPSA) is 104 Å². The third-order valence-corrected chi connectivity index (χ3v) is 10.3. The van der Waals surface area contributed by atoms with Crippen molar-refractivity contribution in [1.29, 1.82) is 0 Å². The zero-order valence-electron chi connectivity index (χ0n) is 18.7. The van der Waals surface area contributed by atoms with Gasteiger partial charge in [0.15, 0.2) is 0 Å². The molecule has 0 spiro atoms. The summed E-state index contributed by atoms with van der Waals surface area (Å²) < 4.78 is 54.5. The van der Waals surface area contributed by atoms with E-state index in [9.17, 15) is 21.6 Å². The highest BCUT2D eigenvalue weighted by Gasteiger charge is 2.29. The predicted octanol–water partition coefficient (Wildman–Crippen LogP) is 3.94. The molecule has 0 aliphatic carbocycles. The van der Waals surface area contributed by atoms with Gasteiger partial charge in [-0.3, -0.25) is 4.79 Å². The molecule has 2 aliphatic heterocycles. The summed E-state index contributed by atoms with van der Waals surface area (Å²) in [4.78, 5) is 13.1. The van der Waals surface area contributed by atoms with E-state index in [0.29, 0.717) is 31.9 Å². The Balaban J connectivity index is 1.51. The van der Waals surface area contributed by atoms with Gasteiger partial charge in [0.2, 0.25) is 20.0 Å². The second-order valence-electron chi connectivity index (χ2n) is 8.55. The van der Waals surface area contributed by atoms with Gasteiger partial charge in [0.25, 0.3) is 5.91 Å². The molecule has 0 unspecified atom stereocenters. The first-order chi connectivity index (χ1) is 16.2. The van der Waals surface area contributed by atoms with E-state index in [2.05, 4.69) is 5.32 Å². The van der Waals surface area contributed by atoms with Crippen LogP contribution in [0, 0.1) is 0 Å². The molecule has 4 rings (SSSR count). The lowest BCUT2D eigenvalue weighted by Gasteiger charge is -2.20. The van der Waals surface area contributed by atoms with Gasteiger partial charge in [0.1, 0.15) is 0 Å². The van der Waals surface area contributed by atoms with Gasteiger partial charge in [0, 0.05) is 31.9 Å². The van der Waals surface area contributed by atoms with Gasteiger partial charge in [-0.05, 0) is 68.1 Å². The Bertz CT molecular complexity index is 1250. The summed E-state index contributed by atoms with van der Waals surface area (Å²) in [6, 6.07) is 10.0. The number of nitrogens with one attached hydrogen (secondary N) is 1. The van der Waals surface area contributed by atoms with E-state index in [4.69, 9.17) is 11.6 Å². The molecule has 184 valence electrons. The first-order valence-corrected chi connectivity index (χ1v) is 14.7. The number of rotatable bonds is 6. The number of hydrogen-bond acceptors (Lipinski definition) is 5. The molecule has 2 fully saturated rings. The Hall–Kier alpha value is -1.98. The Kier molecular flexibility index (Phi) is 7.63. The number of nitrogens with zero attached hydrogens (tertiary/aromatic N) is 2. The second-order valence-corrected chi connectivity index (χ2v) is 12.8. The third-order valence-electron chi connectivity index (χ3n) is 6.20. The number of sulfonamides is 2. The largest absolute Gasteiger partial charge is 0.322 e. The lowest BCUT2D eigenvalue weighted by Crippen LogP contribution is -2.31. The molecule has 0 bridgehead atoms. The van der Waals surface area contributed by atoms with Crippen LogP contribution in [0.2, 0.25) is 5.02 Å². The van der Waals surface area contributed by atoms with Crippen LogP contribution >= 0.6 is 11.6 Å². The highest BCUT2D eigenvalue weighted by Crippen LogP contribution is 2.27. The van der Waals surface area contributed by atoms with Crippen molar-refractivity contribution in [2.75, 3.05) is 31.5 Å². The van der Waals surface area contributed by atoms with Crippen molar-refractivity contribution in [3.8, 4) is 0 Å². The SMILES string of the molecule is O=C(Nc1ccc(S(=O)(=O)N2CCCCCC2)cc1)c1cc(S(=O)(=O)N2CCCC2)ccc1Cl. The smallest absolute Gasteiger partial charge is 0.257 e. The zero-order chi connectivity index (χ0) is 24.3. The lowest BCUT2D eigenvalue weighted by atomic mass is 10.2. The Morgan fingerprint density at radius 3 is 1.74 bits per heavy atom. The van der Waals surface area contributed by atoms with E-state index in [-0.39, 0.29) is 20.4 Å². The minimum atomic E-state index is -3.70. The quantitative estimate of drug-likeness (QED) is 0.615. The lowest BCUT2D eigenvalue weighted by molar-refractivity contribution is 0.102. The van der Waals surface area contributed by atoms with Crippen molar-refractivity contribution >= 4 is 43.2 Å². The van der Waals surface area contributed by atoms with Crippen LogP contribution in [0.4, 0.5) is 5.69 Å². The number of amides is 1. The monoisotopic (exact) mass is 525 g/mol. The van der Waals surface area contributed by atoms with Crippen molar-refractivity contribution in [2.45, 2.75) is 48.3 Å². The van der Waals surface area contributed by atoms with Crippen LogP contribution < -0.4 is 5.32 Å². The van der Waals surface area contributed by atoms with E-state index in [1.165, 1.54) is 51.1 Å².